The van der Waals surface area contributed by atoms with Crippen molar-refractivity contribution in [2.75, 3.05) is 31.1 Å². The second-order valence-electron chi connectivity index (χ2n) is 5.40. The molecule has 22 heavy (non-hydrogen) atoms. The summed E-state index contributed by atoms with van der Waals surface area (Å²) in [6.07, 6.45) is 3.71. The van der Waals surface area contributed by atoms with Gasteiger partial charge in [-0.25, -0.2) is 9.97 Å². The summed E-state index contributed by atoms with van der Waals surface area (Å²) >= 11 is 0. The summed E-state index contributed by atoms with van der Waals surface area (Å²) in [5.41, 5.74) is 2.95. The molecule has 1 N–H and O–H groups in total. The minimum absolute atomic E-state index is 0.798. The molecule has 0 spiro atoms. The summed E-state index contributed by atoms with van der Waals surface area (Å²) in [5.74, 6) is 0.798. The van der Waals surface area contributed by atoms with Crippen molar-refractivity contribution in [1.29, 1.82) is 0 Å². The van der Waals surface area contributed by atoms with Crippen molar-refractivity contribution in [2.45, 2.75) is 0 Å². The summed E-state index contributed by atoms with van der Waals surface area (Å²) in [4.78, 5) is 15.9. The second kappa shape index (κ2) is 5.69. The standard InChI is InChI=1S/C17H17N5/c1-2-4-15-13(3-1)11-14(12-20-15)16-5-6-19-17(21-16)22-9-7-18-8-10-22/h1-6,11-12,18H,7-10H2. The molecular weight excluding hydrogens is 274 g/mol. The molecule has 1 aliphatic heterocycles. The number of benzene rings is 1. The smallest absolute Gasteiger partial charge is 0.225 e. The Kier molecular flexibility index (Phi) is 3.40. The molecule has 1 saturated heterocycles. The van der Waals surface area contributed by atoms with Gasteiger partial charge in [0.15, 0.2) is 0 Å². The first-order valence-electron chi connectivity index (χ1n) is 7.54. The molecule has 1 aliphatic rings. The number of fused-ring (bicyclic) bond motifs is 1. The third-order valence-electron chi connectivity index (χ3n) is 3.93. The molecule has 0 unspecified atom stereocenters. The van der Waals surface area contributed by atoms with E-state index in [1.807, 2.05) is 36.7 Å². The Morgan fingerprint density at radius 3 is 2.77 bits per heavy atom. The SMILES string of the molecule is c1ccc2ncc(-c3ccnc(N4CCNCC4)n3)cc2c1. The van der Waals surface area contributed by atoms with Gasteiger partial charge in [0.1, 0.15) is 0 Å². The highest BCUT2D eigenvalue weighted by Gasteiger charge is 2.13. The molecule has 0 bridgehead atoms. The molecule has 0 saturated carbocycles. The van der Waals surface area contributed by atoms with Gasteiger partial charge in [-0.3, -0.25) is 4.98 Å². The maximum Gasteiger partial charge on any atom is 0.225 e. The minimum Gasteiger partial charge on any atom is -0.338 e. The molecular formula is C17H17N5. The van der Waals surface area contributed by atoms with Gasteiger partial charge in [-0.2, -0.15) is 0 Å². The van der Waals surface area contributed by atoms with Crippen LogP contribution < -0.4 is 10.2 Å². The van der Waals surface area contributed by atoms with Gasteiger partial charge in [0.25, 0.3) is 0 Å². The molecule has 2 aromatic heterocycles. The molecule has 3 heterocycles. The van der Waals surface area contributed by atoms with Crippen LogP contribution in [0.5, 0.6) is 0 Å². The van der Waals surface area contributed by atoms with Gasteiger partial charge in [-0.15, -0.1) is 0 Å². The van der Waals surface area contributed by atoms with Gasteiger partial charge in [-0.1, -0.05) is 18.2 Å². The Bertz CT molecular complexity index is 796. The van der Waals surface area contributed by atoms with Crippen LogP contribution in [0.3, 0.4) is 0 Å². The highest BCUT2D eigenvalue weighted by Crippen LogP contribution is 2.22. The number of para-hydroxylation sites is 1. The maximum atomic E-state index is 4.72. The molecule has 1 aromatic carbocycles. The number of aromatic nitrogens is 3. The maximum absolute atomic E-state index is 4.72. The first kappa shape index (κ1) is 13.2. The van der Waals surface area contributed by atoms with E-state index < -0.39 is 0 Å². The molecule has 5 heteroatoms. The lowest BCUT2D eigenvalue weighted by atomic mass is 10.1. The number of pyridine rings is 1. The Morgan fingerprint density at radius 2 is 1.86 bits per heavy atom. The molecule has 0 atom stereocenters. The van der Waals surface area contributed by atoms with E-state index in [-0.39, 0.29) is 0 Å². The van der Waals surface area contributed by atoms with Crippen LogP contribution in [0.4, 0.5) is 5.95 Å². The Labute approximate surface area is 129 Å². The Morgan fingerprint density at radius 1 is 1.00 bits per heavy atom. The third kappa shape index (κ3) is 2.51. The van der Waals surface area contributed by atoms with Crippen LogP contribution in [-0.2, 0) is 0 Å². The average molecular weight is 291 g/mol. The number of hydrogen-bond acceptors (Lipinski definition) is 5. The molecule has 5 nitrogen and oxygen atoms in total. The van der Waals surface area contributed by atoms with E-state index in [1.54, 1.807) is 0 Å². The predicted molar refractivity (Wildman–Crippen MR) is 87.9 cm³/mol. The molecule has 4 rings (SSSR count). The lowest BCUT2D eigenvalue weighted by Gasteiger charge is -2.27. The molecule has 0 aliphatic carbocycles. The zero-order valence-electron chi connectivity index (χ0n) is 12.2. The Balaban J connectivity index is 1.71. The summed E-state index contributed by atoms with van der Waals surface area (Å²) in [6.45, 7) is 3.84. The van der Waals surface area contributed by atoms with Gasteiger partial charge < -0.3 is 10.2 Å². The largest absolute Gasteiger partial charge is 0.338 e. The van der Waals surface area contributed by atoms with Crippen LogP contribution in [0.15, 0.2) is 48.8 Å². The van der Waals surface area contributed by atoms with Crippen molar-refractivity contribution < 1.29 is 0 Å². The normalized spacial score (nSPS) is 15.2. The van der Waals surface area contributed by atoms with Crippen LogP contribution in [0.1, 0.15) is 0 Å². The summed E-state index contributed by atoms with van der Waals surface area (Å²) in [6, 6.07) is 12.2. The zero-order valence-corrected chi connectivity index (χ0v) is 12.2. The van der Waals surface area contributed by atoms with Crippen molar-refractivity contribution in [2.24, 2.45) is 0 Å². The van der Waals surface area contributed by atoms with Crippen LogP contribution >= 0.6 is 0 Å². The second-order valence-corrected chi connectivity index (χ2v) is 5.40. The number of nitrogens with one attached hydrogen (secondary N) is 1. The van der Waals surface area contributed by atoms with E-state index in [2.05, 4.69) is 32.3 Å². The van der Waals surface area contributed by atoms with E-state index in [1.165, 1.54) is 0 Å². The van der Waals surface area contributed by atoms with Crippen LogP contribution in [0, 0.1) is 0 Å². The van der Waals surface area contributed by atoms with E-state index in [0.29, 0.717) is 0 Å². The molecule has 0 radical (unpaired) electrons. The number of nitrogens with zero attached hydrogens (tertiary/aromatic N) is 4. The number of anilines is 1. The minimum atomic E-state index is 0.798. The Hall–Kier alpha value is -2.53. The molecule has 110 valence electrons. The molecule has 3 aromatic rings. The quantitative estimate of drug-likeness (QED) is 0.783. The van der Waals surface area contributed by atoms with Crippen molar-refractivity contribution in [1.82, 2.24) is 20.3 Å². The fraction of sp³-hybridized carbons (Fsp3) is 0.235. The highest BCUT2D eigenvalue weighted by molar-refractivity contribution is 5.82. The van der Waals surface area contributed by atoms with Gasteiger partial charge in [-0.05, 0) is 18.2 Å². The van der Waals surface area contributed by atoms with Crippen molar-refractivity contribution in [3.63, 3.8) is 0 Å². The topological polar surface area (TPSA) is 53.9 Å². The van der Waals surface area contributed by atoms with E-state index in [9.17, 15) is 0 Å². The van der Waals surface area contributed by atoms with E-state index in [0.717, 1.165) is 54.3 Å². The van der Waals surface area contributed by atoms with Gasteiger partial charge in [0.2, 0.25) is 5.95 Å². The van der Waals surface area contributed by atoms with Crippen LogP contribution in [0.25, 0.3) is 22.2 Å². The highest BCUT2D eigenvalue weighted by atomic mass is 15.3. The summed E-state index contributed by atoms with van der Waals surface area (Å²) in [7, 11) is 0. The third-order valence-corrected chi connectivity index (χ3v) is 3.93. The fourth-order valence-corrected chi connectivity index (χ4v) is 2.74. The lowest BCUT2D eigenvalue weighted by molar-refractivity contribution is 0.580. The first-order valence-corrected chi connectivity index (χ1v) is 7.54. The van der Waals surface area contributed by atoms with Crippen molar-refractivity contribution in [3.05, 3.63) is 48.8 Å². The summed E-state index contributed by atoms with van der Waals surface area (Å²) in [5, 5.41) is 4.47. The number of rotatable bonds is 2. The summed E-state index contributed by atoms with van der Waals surface area (Å²) < 4.78 is 0. The van der Waals surface area contributed by atoms with Crippen molar-refractivity contribution >= 4 is 16.9 Å². The van der Waals surface area contributed by atoms with E-state index in [4.69, 9.17) is 4.98 Å². The molecule has 0 amide bonds. The number of hydrogen-bond donors (Lipinski definition) is 1. The van der Waals surface area contributed by atoms with Crippen molar-refractivity contribution in [3.8, 4) is 11.3 Å². The zero-order chi connectivity index (χ0) is 14.8. The van der Waals surface area contributed by atoms with E-state index >= 15 is 0 Å². The fourth-order valence-electron chi connectivity index (χ4n) is 2.74. The average Bonchev–Trinajstić information content (AvgIpc) is 2.62. The van der Waals surface area contributed by atoms with Gasteiger partial charge in [0, 0.05) is 49.5 Å². The number of piperazine rings is 1. The van der Waals surface area contributed by atoms with Gasteiger partial charge in [0.05, 0.1) is 11.2 Å². The van der Waals surface area contributed by atoms with Crippen LogP contribution in [-0.4, -0.2) is 41.1 Å². The lowest BCUT2D eigenvalue weighted by Crippen LogP contribution is -2.44. The first-order chi connectivity index (χ1) is 10.9. The molecule has 1 fully saturated rings. The monoisotopic (exact) mass is 291 g/mol. The van der Waals surface area contributed by atoms with Gasteiger partial charge >= 0.3 is 0 Å². The van der Waals surface area contributed by atoms with Crippen LogP contribution in [0.2, 0.25) is 0 Å². The predicted octanol–water partition coefficient (Wildman–Crippen LogP) is 2.10.